The number of nitrogens with two attached hydrogens (primary N) is 1. The van der Waals surface area contributed by atoms with Crippen LogP contribution in [0.3, 0.4) is 0 Å². The molecule has 0 fully saturated rings. The number of carbonyl (C=O) groups is 4. The first-order valence-corrected chi connectivity index (χ1v) is 11.0. The number of aromatic amines is 1. The Morgan fingerprint density at radius 2 is 1.68 bits per heavy atom. The lowest BCUT2D eigenvalue weighted by molar-refractivity contribution is -0.141. The standard InChI is InChI=1S/C21H28N6O6S/c1-11(18(29)27-17(9-34)21(32)33)25-20(31)16(6-12-2-4-14(28)5-3-12)26-19(30)15(22)7-13-8-23-10-24-13/h2-5,8,10-11,15-17,28,34H,6-7,9,22H2,1H3,(H,23,24)(H,25,31)(H,26,30)(H,27,29)(H,32,33). The third kappa shape index (κ3) is 8.08. The first-order valence-electron chi connectivity index (χ1n) is 10.4. The Labute approximate surface area is 201 Å². The smallest absolute Gasteiger partial charge is 0.327 e. The molecule has 4 unspecified atom stereocenters. The fraction of sp³-hybridized carbons (Fsp3) is 0.381. The molecule has 4 atom stereocenters. The number of amides is 3. The summed E-state index contributed by atoms with van der Waals surface area (Å²) < 4.78 is 0. The van der Waals surface area contributed by atoms with Gasteiger partial charge in [-0.15, -0.1) is 0 Å². The molecule has 1 heterocycles. The first-order chi connectivity index (χ1) is 16.1. The molecule has 2 rings (SSSR count). The molecule has 1 aromatic carbocycles. The molecule has 0 radical (unpaired) electrons. The largest absolute Gasteiger partial charge is 0.508 e. The Balaban J connectivity index is 2.09. The number of aromatic hydroxyl groups is 1. The van der Waals surface area contributed by atoms with Crippen LogP contribution in [0.4, 0.5) is 0 Å². The van der Waals surface area contributed by atoms with Crippen LogP contribution >= 0.6 is 12.6 Å². The Hall–Kier alpha value is -3.58. The van der Waals surface area contributed by atoms with Gasteiger partial charge >= 0.3 is 5.97 Å². The third-order valence-electron chi connectivity index (χ3n) is 4.89. The summed E-state index contributed by atoms with van der Waals surface area (Å²) in [6.07, 6.45) is 3.20. The third-order valence-corrected chi connectivity index (χ3v) is 5.25. The molecule has 0 bridgehead atoms. The lowest BCUT2D eigenvalue weighted by atomic mass is 10.0. The van der Waals surface area contributed by atoms with E-state index < -0.39 is 47.9 Å². The SMILES string of the molecule is CC(NC(=O)C(Cc1ccc(O)cc1)NC(=O)C(N)Cc1cnc[nH]1)C(=O)NC(CS)C(=O)O. The van der Waals surface area contributed by atoms with Crippen LogP contribution in [0.5, 0.6) is 5.75 Å². The Bertz CT molecular complexity index is 984. The summed E-state index contributed by atoms with van der Waals surface area (Å²) in [5.41, 5.74) is 7.25. The van der Waals surface area contributed by atoms with Gasteiger partial charge in [-0.3, -0.25) is 14.4 Å². The molecule has 0 saturated heterocycles. The molecule has 13 heteroatoms. The number of phenolic OH excluding ortho intramolecular Hbond substituents is 1. The van der Waals surface area contributed by atoms with Crippen molar-refractivity contribution in [1.82, 2.24) is 25.9 Å². The number of carboxylic acids is 1. The lowest BCUT2D eigenvalue weighted by Crippen LogP contribution is -2.57. The maximum Gasteiger partial charge on any atom is 0.327 e. The molecule has 12 nitrogen and oxygen atoms in total. The van der Waals surface area contributed by atoms with Gasteiger partial charge in [0, 0.05) is 30.5 Å². The van der Waals surface area contributed by atoms with E-state index >= 15 is 0 Å². The van der Waals surface area contributed by atoms with Crippen molar-refractivity contribution in [2.75, 3.05) is 5.75 Å². The molecular weight excluding hydrogens is 464 g/mol. The molecular formula is C21H28N6O6S. The number of nitrogens with one attached hydrogen (secondary N) is 4. The van der Waals surface area contributed by atoms with Gasteiger partial charge in [0.1, 0.15) is 23.9 Å². The van der Waals surface area contributed by atoms with Crippen molar-refractivity contribution in [1.29, 1.82) is 0 Å². The Kier molecular flexibility index (Phi) is 9.89. The summed E-state index contributed by atoms with van der Waals surface area (Å²) in [6, 6.07) is 1.68. The topological polar surface area (TPSA) is 200 Å². The maximum absolute atomic E-state index is 13.0. The molecule has 1 aromatic heterocycles. The number of hydrogen-bond acceptors (Lipinski definition) is 8. The number of carbonyl (C=O) groups excluding carboxylic acids is 3. The van der Waals surface area contributed by atoms with Crippen molar-refractivity contribution in [2.45, 2.75) is 43.9 Å². The number of benzene rings is 1. The van der Waals surface area contributed by atoms with Crippen LogP contribution in [0.25, 0.3) is 0 Å². The molecule has 0 saturated carbocycles. The minimum atomic E-state index is -1.26. The average Bonchev–Trinajstić information content (AvgIpc) is 3.30. The van der Waals surface area contributed by atoms with Gasteiger partial charge in [0.05, 0.1) is 12.4 Å². The zero-order valence-electron chi connectivity index (χ0n) is 18.4. The molecule has 0 aliphatic rings. The molecule has 0 spiro atoms. The van der Waals surface area contributed by atoms with Gasteiger partial charge in [0.15, 0.2) is 0 Å². The van der Waals surface area contributed by atoms with Gasteiger partial charge in [-0.05, 0) is 24.6 Å². The van der Waals surface area contributed by atoms with Crippen molar-refractivity contribution in [2.24, 2.45) is 5.73 Å². The quantitative estimate of drug-likeness (QED) is 0.167. The van der Waals surface area contributed by atoms with E-state index in [0.29, 0.717) is 11.3 Å². The number of nitrogens with zero attached hydrogens (tertiary/aromatic N) is 1. The average molecular weight is 493 g/mol. The zero-order valence-corrected chi connectivity index (χ0v) is 19.3. The number of imidazole rings is 1. The van der Waals surface area contributed by atoms with Gasteiger partial charge in [0.2, 0.25) is 17.7 Å². The summed E-state index contributed by atoms with van der Waals surface area (Å²) in [5.74, 6) is -3.33. The van der Waals surface area contributed by atoms with Gasteiger partial charge < -0.3 is 36.9 Å². The molecule has 0 aliphatic carbocycles. The summed E-state index contributed by atoms with van der Waals surface area (Å²) in [7, 11) is 0. The summed E-state index contributed by atoms with van der Waals surface area (Å²) >= 11 is 3.89. The van der Waals surface area contributed by atoms with Crippen molar-refractivity contribution in [3.8, 4) is 5.75 Å². The Morgan fingerprint density at radius 1 is 1.03 bits per heavy atom. The Morgan fingerprint density at radius 3 is 2.24 bits per heavy atom. The van der Waals surface area contributed by atoms with Gasteiger partial charge in [0.25, 0.3) is 0 Å². The van der Waals surface area contributed by atoms with Crippen LogP contribution in [0, 0.1) is 0 Å². The van der Waals surface area contributed by atoms with E-state index in [0.717, 1.165) is 0 Å². The minimum absolute atomic E-state index is 0.0397. The van der Waals surface area contributed by atoms with E-state index in [4.69, 9.17) is 10.8 Å². The van der Waals surface area contributed by atoms with Gasteiger partial charge in [-0.25, -0.2) is 9.78 Å². The number of rotatable bonds is 12. The van der Waals surface area contributed by atoms with Crippen molar-refractivity contribution >= 4 is 36.3 Å². The van der Waals surface area contributed by atoms with E-state index in [1.165, 1.54) is 31.6 Å². The van der Waals surface area contributed by atoms with E-state index in [-0.39, 0.29) is 24.3 Å². The van der Waals surface area contributed by atoms with E-state index in [1.807, 2.05) is 0 Å². The monoisotopic (exact) mass is 492 g/mol. The normalized spacial score (nSPS) is 14.3. The van der Waals surface area contributed by atoms with Crippen LogP contribution in [0.2, 0.25) is 0 Å². The number of thiol groups is 1. The fourth-order valence-electron chi connectivity index (χ4n) is 2.94. The van der Waals surface area contributed by atoms with Crippen LogP contribution in [0.1, 0.15) is 18.2 Å². The van der Waals surface area contributed by atoms with Gasteiger partial charge in [-0.1, -0.05) is 12.1 Å². The number of phenols is 1. The highest BCUT2D eigenvalue weighted by molar-refractivity contribution is 7.80. The number of carboxylic acid groups (broad SMARTS) is 1. The summed E-state index contributed by atoms with van der Waals surface area (Å²) in [4.78, 5) is 55.7. The van der Waals surface area contributed by atoms with Crippen molar-refractivity contribution in [3.63, 3.8) is 0 Å². The molecule has 3 amide bonds. The number of H-pyrrole nitrogens is 1. The second-order valence-corrected chi connectivity index (χ2v) is 8.00. The van der Waals surface area contributed by atoms with Crippen molar-refractivity contribution < 1.29 is 29.4 Å². The van der Waals surface area contributed by atoms with Crippen LogP contribution in [0.15, 0.2) is 36.8 Å². The molecule has 184 valence electrons. The number of aliphatic carboxylic acids is 1. The van der Waals surface area contributed by atoms with E-state index in [2.05, 4.69) is 38.5 Å². The highest BCUT2D eigenvalue weighted by Gasteiger charge is 2.28. The summed E-state index contributed by atoms with van der Waals surface area (Å²) in [5, 5.41) is 25.9. The predicted octanol–water partition coefficient (Wildman–Crippen LogP) is -1.28. The number of hydrogen-bond donors (Lipinski definition) is 8. The zero-order chi connectivity index (χ0) is 25.3. The molecule has 34 heavy (non-hydrogen) atoms. The molecule has 8 N–H and O–H groups in total. The predicted molar refractivity (Wildman–Crippen MR) is 125 cm³/mol. The van der Waals surface area contributed by atoms with Gasteiger partial charge in [-0.2, -0.15) is 12.6 Å². The van der Waals surface area contributed by atoms with Crippen molar-refractivity contribution in [3.05, 3.63) is 48.0 Å². The fourth-order valence-corrected chi connectivity index (χ4v) is 3.19. The summed E-state index contributed by atoms with van der Waals surface area (Å²) in [6.45, 7) is 1.38. The number of aromatic nitrogens is 2. The lowest BCUT2D eigenvalue weighted by Gasteiger charge is -2.23. The van der Waals surface area contributed by atoms with Crippen LogP contribution in [-0.2, 0) is 32.0 Å². The van der Waals surface area contributed by atoms with Crippen LogP contribution in [-0.4, -0.2) is 73.8 Å². The molecule has 2 aromatic rings. The van der Waals surface area contributed by atoms with E-state index in [9.17, 15) is 24.3 Å². The second-order valence-electron chi connectivity index (χ2n) is 7.63. The highest BCUT2D eigenvalue weighted by atomic mass is 32.1. The highest BCUT2D eigenvalue weighted by Crippen LogP contribution is 2.12. The first kappa shape index (κ1) is 26.7. The second kappa shape index (κ2) is 12.6. The van der Waals surface area contributed by atoms with Crippen LogP contribution < -0.4 is 21.7 Å². The minimum Gasteiger partial charge on any atom is -0.508 e. The molecule has 0 aliphatic heterocycles. The maximum atomic E-state index is 13.0. The van der Waals surface area contributed by atoms with E-state index in [1.54, 1.807) is 12.1 Å².